The lowest BCUT2D eigenvalue weighted by Crippen LogP contribution is -2.35. The SMILES string of the molecule is Cc1cccc(C)c1NC(=O)CNC(=O)CCNC(=O)c1ccc(C(C)(C)C)cc1. The van der Waals surface area contributed by atoms with E-state index in [4.69, 9.17) is 0 Å². The van der Waals surface area contributed by atoms with Crippen molar-refractivity contribution in [2.24, 2.45) is 0 Å². The van der Waals surface area contributed by atoms with Crippen LogP contribution in [0.1, 0.15) is 54.2 Å². The van der Waals surface area contributed by atoms with Crippen molar-refractivity contribution in [1.82, 2.24) is 10.6 Å². The van der Waals surface area contributed by atoms with Crippen LogP contribution in [0, 0.1) is 13.8 Å². The molecule has 0 fully saturated rings. The van der Waals surface area contributed by atoms with Crippen LogP contribution < -0.4 is 16.0 Å². The first-order chi connectivity index (χ1) is 14.1. The van der Waals surface area contributed by atoms with E-state index in [9.17, 15) is 14.4 Å². The number of para-hydroxylation sites is 1. The predicted molar refractivity (Wildman–Crippen MR) is 120 cm³/mol. The second-order valence-electron chi connectivity index (χ2n) is 8.42. The number of anilines is 1. The first-order valence-corrected chi connectivity index (χ1v) is 10.1. The molecule has 0 aliphatic carbocycles. The van der Waals surface area contributed by atoms with Crippen molar-refractivity contribution < 1.29 is 14.4 Å². The zero-order valence-corrected chi connectivity index (χ0v) is 18.4. The van der Waals surface area contributed by atoms with Gasteiger partial charge < -0.3 is 16.0 Å². The van der Waals surface area contributed by atoms with E-state index in [1.54, 1.807) is 12.1 Å². The molecular formula is C24H31N3O3. The molecule has 0 saturated heterocycles. The molecule has 6 nitrogen and oxygen atoms in total. The lowest BCUT2D eigenvalue weighted by Gasteiger charge is -2.19. The van der Waals surface area contributed by atoms with Gasteiger partial charge in [-0.15, -0.1) is 0 Å². The molecule has 3 amide bonds. The summed E-state index contributed by atoms with van der Waals surface area (Å²) in [7, 11) is 0. The topological polar surface area (TPSA) is 87.3 Å². The number of benzene rings is 2. The molecule has 0 spiro atoms. The van der Waals surface area contributed by atoms with Gasteiger partial charge in [0.1, 0.15) is 0 Å². The van der Waals surface area contributed by atoms with Gasteiger partial charge in [0, 0.05) is 24.2 Å². The van der Waals surface area contributed by atoms with Crippen molar-refractivity contribution >= 4 is 23.4 Å². The Hall–Kier alpha value is -3.15. The van der Waals surface area contributed by atoms with E-state index in [-0.39, 0.29) is 42.6 Å². The lowest BCUT2D eigenvalue weighted by atomic mass is 9.87. The standard InChI is InChI=1S/C24H31N3O3/c1-16-7-6-8-17(2)22(16)27-21(29)15-26-20(28)13-14-25-23(30)18-9-11-19(12-10-18)24(3,4)5/h6-12H,13-15H2,1-5H3,(H,25,30)(H,26,28)(H,27,29). The molecule has 0 unspecified atom stereocenters. The normalized spacial score (nSPS) is 11.0. The maximum Gasteiger partial charge on any atom is 0.251 e. The molecule has 30 heavy (non-hydrogen) atoms. The van der Waals surface area contributed by atoms with Crippen molar-refractivity contribution in [3.63, 3.8) is 0 Å². The number of carbonyl (C=O) groups excluding carboxylic acids is 3. The minimum Gasteiger partial charge on any atom is -0.352 e. The van der Waals surface area contributed by atoms with E-state index < -0.39 is 0 Å². The quantitative estimate of drug-likeness (QED) is 0.654. The first-order valence-electron chi connectivity index (χ1n) is 10.1. The van der Waals surface area contributed by atoms with Crippen molar-refractivity contribution in [2.45, 2.75) is 46.5 Å². The van der Waals surface area contributed by atoms with Crippen LogP contribution in [0.4, 0.5) is 5.69 Å². The van der Waals surface area contributed by atoms with Gasteiger partial charge in [0.25, 0.3) is 5.91 Å². The largest absolute Gasteiger partial charge is 0.352 e. The molecule has 0 aliphatic rings. The molecule has 0 atom stereocenters. The molecule has 0 aliphatic heterocycles. The molecule has 6 heteroatoms. The van der Waals surface area contributed by atoms with Gasteiger partial charge in [-0.05, 0) is 48.1 Å². The third-order valence-corrected chi connectivity index (χ3v) is 4.84. The summed E-state index contributed by atoms with van der Waals surface area (Å²) in [5, 5.41) is 8.13. The zero-order valence-electron chi connectivity index (χ0n) is 18.4. The molecular weight excluding hydrogens is 378 g/mol. The highest BCUT2D eigenvalue weighted by Gasteiger charge is 2.14. The van der Waals surface area contributed by atoms with Crippen molar-refractivity contribution in [3.8, 4) is 0 Å². The fourth-order valence-corrected chi connectivity index (χ4v) is 2.98. The van der Waals surface area contributed by atoms with Gasteiger partial charge >= 0.3 is 0 Å². The van der Waals surface area contributed by atoms with Crippen molar-refractivity contribution in [1.29, 1.82) is 0 Å². The highest BCUT2D eigenvalue weighted by molar-refractivity contribution is 5.96. The summed E-state index contributed by atoms with van der Waals surface area (Å²) in [6, 6.07) is 13.2. The third kappa shape index (κ3) is 6.72. The zero-order chi connectivity index (χ0) is 22.3. The molecule has 160 valence electrons. The third-order valence-electron chi connectivity index (χ3n) is 4.84. The van der Waals surface area contributed by atoms with Gasteiger partial charge in [-0.1, -0.05) is 51.1 Å². The Labute approximate surface area is 178 Å². The Morgan fingerprint density at radius 3 is 2.00 bits per heavy atom. The van der Waals surface area contributed by atoms with Gasteiger partial charge in [-0.2, -0.15) is 0 Å². The highest BCUT2D eigenvalue weighted by atomic mass is 16.2. The van der Waals surface area contributed by atoms with Crippen LogP contribution in [0.15, 0.2) is 42.5 Å². The van der Waals surface area contributed by atoms with Crippen LogP contribution in [-0.2, 0) is 15.0 Å². The van der Waals surface area contributed by atoms with E-state index >= 15 is 0 Å². The number of carbonyl (C=O) groups is 3. The average Bonchev–Trinajstić information content (AvgIpc) is 2.68. The van der Waals surface area contributed by atoms with Gasteiger partial charge in [-0.25, -0.2) is 0 Å². The molecule has 3 N–H and O–H groups in total. The van der Waals surface area contributed by atoms with Crippen LogP contribution in [0.3, 0.4) is 0 Å². The summed E-state index contributed by atoms with van der Waals surface area (Å²) in [5.74, 6) is -0.810. The number of aryl methyl sites for hydroxylation is 2. The van der Waals surface area contributed by atoms with Gasteiger partial charge in [0.05, 0.1) is 6.54 Å². The van der Waals surface area contributed by atoms with Crippen molar-refractivity contribution in [3.05, 3.63) is 64.7 Å². The minimum atomic E-state index is -0.296. The van der Waals surface area contributed by atoms with Crippen LogP contribution in [0.25, 0.3) is 0 Å². The first kappa shape index (κ1) is 23.1. The van der Waals surface area contributed by atoms with Crippen LogP contribution in [0.2, 0.25) is 0 Å². The molecule has 0 heterocycles. The van der Waals surface area contributed by atoms with Crippen LogP contribution in [-0.4, -0.2) is 30.8 Å². The van der Waals surface area contributed by atoms with E-state index in [1.165, 1.54) is 0 Å². The lowest BCUT2D eigenvalue weighted by molar-refractivity contribution is -0.124. The van der Waals surface area contributed by atoms with Crippen LogP contribution in [0.5, 0.6) is 0 Å². The Bertz CT molecular complexity index is 892. The van der Waals surface area contributed by atoms with E-state index in [2.05, 4.69) is 36.7 Å². The Kier molecular flexibility index (Phi) is 7.75. The second-order valence-corrected chi connectivity index (χ2v) is 8.42. The Morgan fingerprint density at radius 1 is 0.833 bits per heavy atom. The van der Waals surface area contributed by atoms with E-state index in [0.717, 1.165) is 22.4 Å². The van der Waals surface area contributed by atoms with Gasteiger partial charge in [0.15, 0.2) is 0 Å². The summed E-state index contributed by atoms with van der Waals surface area (Å²) in [5.41, 5.74) is 4.42. The number of hydrogen-bond acceptors (Lipinski definition) is 3. The van der Waals surface area contributed by atoms with Gasteiger partial charge in [-0.3, -0.25) is 14.4 Å². The summed E-state index contributed by atoms with van der Waals surface area (Å²) in [4.78, 5) is 36.3. The molecule has 0 radical (unpaired) electrons. The summed E-state index contributed by atoms with van der Waals surface area (Å²) in [6.07, 6.45) is 0.0997. The maximum absolute atomic E-state index is 12.2. The molecule has 2 rings (SSSR count). The minimum absolute atomic E-state index is 0.0251. The van der Waals surface area contributed by atoms with Gasteiger partial charge in [0.2, 0.25) is 11.8 Å². The second kappa shape index (κ2) is 10.1. The molecule has 2 aromatic carbocycles. The fraction of sp³-hybridized carbons (Fsp3) is 0.375. The smallest absolute Gasteiger partial charge is 0.251 e. The number of amides is 3. The number of nitrogens with one attached hydrogen (secondary N) is 3. The summed E-state index contributed by atoms with van der Waals surface area (Å²) in [6.45, 7) is 10.3. The Balaban J connectivity index is 1.73. The Morgan fingerprint density at radius 2 is 1.43 bits per heavy atom. The van der Waals surface area contributed by atoms with Crippen LogP contribution >= 0.6 is 0 Å². The molecule has 0 aromatic heterocycles. The maximum atomic E-state index is 12.2. The average molecular weight is 410 g/mol. The fourth-order valence-electron chi connectivity index (χ4n) is 2.98. The molecule has 0 bridgehead atoms. The summed E-state index contributed by atoms with van der Waals surface area (Å²) < 4.78 is 0. The number of hydrogen-bond donors (Lipinski definition) is 3. The number of rotatable bonds is 7. The van der Waals surface area contributed by atoms with E-state index in [1.807, 2.05) is 44.2 Å². The highest BCUT2D eigenvalue weighted by Crippen LogP contribution is 2.22. The predicted octanol–water partition coefficient (Wildman–Crippen LogP) is 3.48. The molecule has 2 aromatic rings. The van der Waals surface area contributed by atoms with Crippen molar-refractivity contribution in [2.75, 3.05) is 18.4 Å². The molecule has 0 saturated carbocycles. The summed E-state index contributed by atoms with van der Waals surface area (Å²) >= 11 is 0. The monoisotopic (exact) mass is 409 g/mol. The van der Waals surface area contributed by atoms with E-state index in [0.29, 0.717) is 5.56 Å².